The Labute approximate surface area is 107 Å². The summed E-state index contributed by atoms with van der Waals surface area (Å²) in [4.78, 5) is 10.9. The summed E-state index contributed by atoms with van der Waals surface area (Å²) in [5.41, 5.74) is -0.242. The maximum absolute atomic E-state index is 10.9. The Hall–Kier alpha value is -0.393. The number of carbonyl (C=O) groups excluding carboxylic acids is 1. The molecule has 0 N–H and O–H groups in total. The van der Waals surface area contributed by atoms with Crippen LogP contribution in [0.5, 0.6) is 0 Å². The summed E-state index contributed by atoms with van der Waals surface area (Å²) in [6.07, 6.45) is 0.602. The molecule has 0 saturated heterocycles. The molecule has 0 rings (SSSR count). The molecule has 4 nitrogen and oxygen atoms in total. The molecule has 0 aromatic heterocycles. The van der Waals surface area contributed by atoms with E-state index in [1.54, 1.807) is 0 Å². The van der Waals surface area contributed by atoms with E-state index < -0.39 is 0 Å². The van der Waals surface area contributed by atoms with E-state index in [9.17, 15) is 4.79 Å². The van der Waals surface area contributed by atoms with Crippen molar-refractivity contribution >= 4 is 16.2 Å². The van der Waals surface area contributed by atoms with Crippen molar-refractivity contribution < 1.29 is 19.0 Å². The van der Waals surface area contributed by atoms with E-state index in [0.29, 0.717) is 19.8 Å². The van der Waals surface area contributed by atoms with E-state index in [1.165, 1.54) is 6.92 Å². The molecule has 0 aliphatic carbocycles. The summed E-state index contributed by atoms with van der Waals surface area (Å²) >= 11 is 0. The van der Waals surface area contributed by atoms with Gasteiger partial charge in [-0.3, -0.25) is 4.79 Å². The first-order chi connectivity index (χ1) is 7.85. The fourth-order valence-electron chi connectivity index (χ4n) is 1.08. The molecule has 1 unspecified atom stereocenters. The largest absolute Gasteiger partial charge is 0.458 e. The average molecular weight is 259 g/mol. The molecule has 0 saturated carbocycles. The third kappa shape index (κ3) is 11.9. The molecule has 0 aliphatic rings. The van der Waals surface area contributed by atoms with Crippen LogP contribution in [-0.2, 0) is 19.0 Å². The van der Waals surface area contributed by atoms with Crippen LogP contribution < -0.4 is 0 Å². The predicted molar refractivity (Wildman–Crippen MR) is 67.3 cm³/mol. The van der Waals surface area contributed by atoms with Crippen molar-refractivity contribution in [3.05, 3.63) is 0 Å². The zero-order valence-electron chi connectivity index (χ0n) is 11.2. The van der Waals surface area contributed by atoms with E-state index in [0.717, 1.165) is 12.5 Å². The van der Waals surface area contributed by atoms with Crippen molar-refractivity contribution in [2.75, 3.05) is 19.8 Å². The Morgan fingerprint density at radius 2 is 1.94 bits per heavy atom. The van der Waals surface area contributed by atoms with Crippen LogP contribution in [0.25, 0.3) is 0 Å². The highest BCUT2D eigenvalue weighted by atomic mass is 28.1. The van der Waals surface area contributed by atoms with Gasteiger partial charge in [-0.1, -0.05) is 6.04 Å². The zero-order chi connectivity index (χ0) is 13.3. The summed E-state index contributed by atoms with van der Waals surface area (Å²) in [6, 6.07) is 0.900. The number of esters is 1. The van der Waals surface area contributed by atoms with Crippen LogP contribution in [0.1, 0.15) is 34.1 Å². The molecular weight excluding hydrogens is 236 g/mol. The second-order valence-electron chi connectivity index (χ2n) is 4.83. The summed E-state index contributed by atoms with van der Waals surface area (Å²) < 4.78 is 16.1. The molecule has 0 spiro atoms. The lowest BCUT2D eigenvalue weighted by molar-refractivity contribution is -0.157. The molecule has 5 heteroatoms. The van der Waals surface area contributed by atoms with Crippen molar-refractivity contribution in [2.45, 2.75) is 51.9 Å². The van der Waals surface area contributed by atoms with Gasteiger partial charge in [0.05, 0.1) is 18.8 Å². The first-order valence-electron chi connectivity index (χ1n) is 5.88. The molecule has 0 aliphatic heterocycles. The summed E-state index contributed by atoms with van der Waals surface area (Å²) in [5.74, 6) is -0.309. The highest BCUT2D eigenvalue weighted by molar-refractivity contribution is 6.08. The number of hydrogen-bond donors (Lipinski definition) is 0. The maximum atomic E-state index is 10.9. The molecule has 0 bridgehead atoms. The van der Waals surface area contributed by atoms with Crippen LogP contribution in [-0.4, -0.2) is 47.7 Å². The standard InChI is InChI=1S/C12H23O4Si/c1-10(13)16-11(8-14-6-5-7-17)9-15-12(2,3)4/h11H,5-9H2,1-4H3. The zero-order valence-corrected chi connectivity index (χ0v) is 12.2. The smallest absolute Gasteiger partial charge is 0.303 e. The Morgan fingerprint density at radius 1 is 1.29 bits per heavy atom. The van der Waals surface area contributed by atoms with Gasteiger partial charge in [-0.05, 0) is 27.2 Å². The first-order valence-corrected chi connectivity index (χ1v) is 6.59. The van der Waals surface area contributed by atoms with Crippen LogP contribution in [0.15, 0.2) is 0 Å². The number of hydrogen-bond acceptors (Lipinski definition) is 4. The second kappa shape index (κ2) is 8.66. The summed E-state index contributed by atoms with van der Waals surface area (Å²) in [5, 5.41) is 0. The van der Waals surface area contributed by atoms with Gasteiger partial charge in [-0.15, -0.1) is 0 Å². The third-order valence-corrected chi connectivity index (χ3v) is 2.16. The van der Waals surface area contributed by atoms with Gasteiger partial charge in [-0.25, -0.2) is 0 Å². The maximum Gasteiger partial charge on any atom is 0.303 e. The van der Waals surface area contributed by atoms with Gasteiger partial charge in [0.25, 0.3) is 0 Å². The molecule has 0 aromatic carbocycles. The van der Waals surface area contributed by atoms with Gasteiger partial charge >= 0.3 is 5.97 Å². The van der Waals surface area contributed by atoms with Crippen molar-refractivity contribution in [3.8, 4) is 0 Å². The summed E-state index contributed by atoms with van der Waals surface area (Å²) in [7, 11) is 3.37. The van der Waals surface area contributed by atoms with E-state index in [1.807, 2.05) is 20.8 Å². The van der Waals surface area contributed by atoms with E-state index in [4.69, 9.17) is 14.2 Å². The Kier molecular flexibility index (Phi) is 8.46. The minimum Gasteiger partial charge on any atom is -0.458 e. The molecule has 0 aromatic rings. The monoisotopic (exact) mass is 259 g/mol. The third-order valence-electron chi connectivity index (χ3n) is 1.80. The lowest BCUT2D eigenvalue weighted by Crippen LogP contribution is -2.32. The lowest BCUT2D eigenvalue weighted by atomic mass is 10.2. The van der Waals surface area contributed by atoms with Crippen LogP contribution >= 0.6 is 0 Å². The van der Waals surface area contributed by atoms with Crippen molar-refractivity contribution in [3.63, 3.8) is 0 Å². The van der Waals surface area contributed by atoms with Crippen molar-refractivity contribution in [2.24, 2.45) is 0 Å². The highest BCUT2D eigenvalue weighted by Crippen LogP contribution is 2.09. The van der Waals surface area contributed by atoms with Crippen molar-refractivity contribution in [1.29, 1.82) is 0 Å². The molecule has 1 atom stereocenters. The van der Waals surface area contributed by atoms with Crippen molar-refractivity contribution in [1.82, 2.24) is 0 Å². The SMILES string of the molecule is CC(=O)OC(COCCC[Si])COC(C)(C)C. The second-order valence-corrected chi connectivity index (χ2v) is 5.33. The van der Waals surface area contributed by atoms with Crippen LogP contribution in [0.3, 0.4) is 0 Å². The van der Waals surface area contributed by atoms with Crippen LogP contribution in [0, 0.1) is 0 Å². The molecule has 99 valence electrons. The average Bonchev–Trinajstić information content (AvgIpc) is 2.18. The topological polar surface area (TPSA) is 44.8 Å². The minimum absolute atomic E-state index is 0.242. The van der Waals surface area contributed by atoms with Gasteiger partial charge in [0.1, 0.15) is 6.10 Å². The lowest BCUT2D eigenvalue weighted by Gasteiger charge is -2.24. The highest BCUT2D eigenvalue weighted by Gasteiger charge is 2.17. The number of ether oxygens (including phenoxy) is 3. The van der Waals surface area contributed by atoms with Crippen LogP contribution in [0.4, 0.5) is 0 Å². The molecule has 0 amide bonds. The quantitative estimate of drug-likeness (QED) is 0.378. The number of rotatable bonds is 8. The fraction of sp³-hybridized carbons (Fsp3) is 0.917. The Balaban J connectivity index is 3.92. The molecule has 0 fully saturated rings. The molecule has 3 radical (unpaired) electrons. The number of carbonyl (C=O) groups is 1. The predicted octanol–water partition coefficient (Wildman–Crippen LogP) is 1.73. The van der Waals surface area contributed by atoms with Gasteiger partial charge in [0.2, 0.25) is 0 Å². The van der Waals surface area contributed by atoms with E-state index in [2.05, 4.69) is 10.2 Å². The first kappa shape index (κ1) is 16.6. The van der Waals surface area contributed by atoms with Gasteiger partial charge in [-0.2, -0.15) is 0 Å². The van der Waals surface area contributed by atoms with E-state index in [-0.39, 0.29) is 17.7 Å². The van der Waals surface area contributed by atoms with Gasteiger partial charge < -0.3 is 14.2 Å². The van der Waals surface area contributed by atoms with Gasteiger partial charge in [0, 0.05) is 23.8 Å². The molecule has 0 heterocycles. The molecule has 17 heavy (non-hydrogen) atoms. The fourth-order valence-corrected chi connectivity index (χ4v) is 1.23. The van der Waals surface area contributed by atoms with Gasteiger partial charge in [0.15, 0.2) is 0 Å². The minimum atomic E-state index is -0.332. The normalized spacial score (nSPS) is 13.5. The van der Waals surface area contributed by atoms with Crippen LogP contribution in [0.2, 0.25) is 6.04 Å². The Bertz CT molecular complexity index is 213. The summed E-state index contributed by atoms with van der Waals surface area (Å²) in [6.45, 7) is 8.66. The van der Waals surface area contributed by atoms with E-state index >= 15 is 0 Å². The molecular formula is C12H23O4Si. The Morgan fingerprint density at radius 3 is 2.41 bits per heavy atom.